The molecule has 0 aliphatic rings. The molecule has 0 heterocycles. The summed E-state index contributed by atoms with van der Waals surface area (Å²) in [5.41, 5.74) is 7.64. The smallest absolute Gasteiger partial charge is 0.195 e. The molecule has 0 aromatic heterocycles. The van der Waals surface area contributed by atoms with Gasteiger partial charge < -0.3 is 0 Å². The Bertz CT molecular complexity index is 1290. The molecule has 188 valence electrons. The Kier molecular flexibility index (Phi) is 8.80. The first-order chi connectivity index (χ1) is 16.9. The highest BCUT2D eigenvalue weighted by Gasteiger charge is 2.27. The standard InChI is InChI=1S/C32H37O3P/c1-18(2)12-24-14-20(5)28(21(6)15-24)31(33)26-10-9-11-27(36-35)30(26)32(34)29-22(7)16-25(13-19(3)4)17-23(29)8/h9-11,14-19H,12-13H2,1-8H3. The number of carbonyl (C=O) groups is 2. The van der Waals surface area contributed by atoms with Gasteiger partial charge in [0.25, 0.3) is 0 Å². The second kappa shape index (κ2) is 11.4. The first-order valence-corrected chi connectivity index (χ1v) is 13.5. The van der Waals surface area contributed by atoms with Gasteiger partial charge in [-0.3, -0.25) is 14.2 Å². The minimum absolute atomic E-state index is 0.207. The highest BCUT2D eigenvalue weighted by atomic mass is 31.1. The number of benzene rings is 3. The van der Waals surface area contributed by atoms with E-state index >= 15 is 0 Å². The molecule has 3 aromatic carbocycles. The summed E-state index contributed by atoms with van der Waals surface area (Å²) in [6.45, 7) is 16.5. The molecule has 0 N–H and O–H groups in total. The maximum Gasteiger partial charge on any atom is 0.195 e. The Morgan fingerprint density at radius 2 is 1.08 bits per heavy atom. The van der Waals surface area contributed by atoms with Crippen molar-refractivity contribution < 1.29 is 14.2 Å². The predicted molar refractivity (Wildman–Crippen MR) is 149 cm³/mol. The molecular formula is C32H37O3P. The fourth-order valence-corrected chi connectivity index (χ4v) is 5.77. The molecule has 0 bridgehead atoms. The van der Waals surface area contributed by atoms with E-state index in [1.165, 1.54) is 11.1 Å². The summed E-state index contributed by atoms with van der Waals surface area (Å²) >= 11 is 0. The summed E-state index contributed by atoms with van der Waals surface area (Å²) in [6, 6.07) is 13.3. The summed E-state index contributed by atoms with van der Waals surface area (Å²) in [4.78, 5) is 27.9. The van der Waals surface area contributed by atoms with Crippen LogP contribution in [0.4, 0.5) is 0 Å². The third kappa shape index (κ3) is 5.90. The molecule has 0 radical (unpaired) electrons. The van der Waals surface area contributed by atoms with Crippen molar-refractivity contribution in [1.29, 1.82) is 0 Å². The highest BCUT2D eigenvalue weighted by Crippen LogP contribution is 2.28. The van der Waals surface area contributed by atoms with Gasteiger partial charge in [-0.25, -0.2) is 0 Å². The fraction of sp³-hybridized carbons (Fsp3) is 0.375. The minimum atomic E-state index is -0.285. The third-order valence-corrected chi connectivity index (χ3v) is 7.11. The topological polar surface area (TPSA) is 51.2 Å². The zero-order chi connectivity index (χ0) is 26.7. The van der Waals surface area contributed by atoms with Gasteiger partial charge in [0.1, 0.15) is 0 Å². The summed E-state index contributed by atoms with van der Waals surface area (Å²) in [5.74, 6) is 0.561. The van der Waals surface area contributed by atoms with Crippen LogP contribution in [0.2, 0.25) is 0 Å². The van der Waals surface area contributed by atoms with Crippen LogP contribution in [-0.4, -0.2) is 11.6 Å². The van der Waals surface area contributed by atoms with Crippen LogP contribution >= 0.6 is 8.46 Å². The maximum atomic E-state index is 14.0. The molecule has 0 spiro atoms. The molecule has 4 heteroatoms. The van der Waals surface area contributed by atoms with Gasteiger partial charge in [0, 0.05) is 22.3 Å². The van der Waals surface area contributed by atoms with Crippen LogP contribution in [0.1, 0.15) is 92.9 Å². The zero-order valence-electron chi connectivity index (χ0n) is 22.8. The van der Waals surface area contributed by atoms with E-state index in [4.69, 9.17) is 0 Å². The number of carbonyl (C=O) groups excluding carboxylic acids is 2. The number of hydrogen-bond acceptors (Lipinski definition) is 3. The first kappa shape index (κ1) is 27.7. The van der Waals surface area contributed by atoms with Crippen LogP contribution in [0.5, 0.6) is 0 Å². The van der Waals surface area contributed by atoms with E-state index in [0.717, 1.165) is 35.1 Å². The van der Waals surface area contributed by atoms with Gasteiger partial charge in [0.05, 0.1) is 5.30 Å². The van der Waals surface area contributed by atoms with E-state index < -0.39 is 0 Å². The van der Waals surface area contributed by atoms with E-state index in [1.807, 2.05) is 27.7 Å². The average molecular weight is 501 g/mol. The van der Waals surface area contributed by atoms with Crippen molar-refractivity contribution in [2.24, 2.45) is 11.8 Å². The molecule has 0 saturated carbocycles. The molecule has 3 rings (SSSR count). The maximum absolute atomic E-state index is 14.0. The van der Waals surface area contributed by atoms with Gasteiger partial charge in [-0.05, 0) is 91.8 Å². The summed E-state index contributed by atoms with van der Waals surface area (Å²) < 4.78 is 12.1. The lowest BCUT2D eigenvalue weighted by molar-refractivity contribution is 0.100. The second-order valence-electron chi connectivity index (χ2n) is 10.9. The Balaban J connectivity index is 2.16. The van der Waals surface area contributed by atoms with Crippen LogP contribution in [0.25, 0.3) is 0 Å². The predicted octanol–water partition coefficient (Wildman–Crippen LogP) is 7.70. The molecule has 0 saturated heterocycles. The Morgan fingerprint density at radius 3 is 1.47 bits per heavy atom. The lowest BCUT2D eigenvalue weighted by Crippen LogP contribution is -2.21. The molecule has 3 nitrogen and oxygen atoms in total. The highest BCUT2D eigenvalue weighted by molar-refractivity contribution is 7.34. The van der Waals surface area contributed by atoms with Gasteiger partial charge in [0.2, 0.25) is 0 Å². The van der Waals surface area contributed by atoms with Gasteiger partial charge in [-0.2, -0.15) is 0 Å². The van der Waals surface area contributed by atoms with Crippen molar-refractivity contribution in [3.8, 4) is 0 Å². The lowest BCUT2D eigenvalue weighted by Gasteiger charge is -2.17. The largest absolute Gasteiger partial charge is 0.289 e. The Labute approximate surface area is 217 Å². The van der Waals surface area contributed by atoms with Crippen LogP contribution in [0.15, 0.2) is 42.5 Å². The van der Waals surface area contributed by atoms with Crippen LogP contribution in [0.3, 0.4) is 0 Å². The van der Waals surface area contributed by atoms with Gasteiger partial charge in [0.15, 0.2) is 20.0 Å². The van der Waals surface area contributed by atoms with Crippen molar-refractivity contribution >= 4 is 25.3 Å². The molecular weight excluding hydrogens is 463 g/mol. The summed E-state index contributed by atoms with van der Waals surface area (Å²) in [7, 11) is -0.285. The molecule has 3 aromatic rings. The Hall–Kier alpha value is -2.90. The van der Waals surface area contributed by atoms with Crippen molar-refractivity contribution in [1.82, 2.24) is 0 Å². The Morgan fingerprint density at radius 1 is 0.667 bits per heavy atom. The zero-order valence-corrected chi connectivity index (χ0v) is 23.7. The van der Waals surface area contributed by atoms with E-state index in [2.05, 4.69) is 52.0 Å². The summed E-state index contributed by atoms with van der Waals surface area (Å²) in [6.07, 6.45) is 1.87. The van der Waals surface area contributed by atoms with Crippen molar-refractivity contribution in [2.75, 3.05) is 0 Å². The second-order valence-corrected chi connectivity index (χ2v) is 11.5. The van der Waals surface area contributed by atoms with Crippen molar-refractivity contribution in [2.45, 2.75) is 68.2 Å². The number of hydrogen-bond donors (Lipinski definition) is 0. The fourth-order valence-electron chi connectivity index (χ4n) is 5.30. The normalized spacial score (nSPS) is 11.5. The lowest BCUT2D eigenvalue weighted by atomic mass is 9.85. The number of aryl methyl sites for hydroxylation is 4. The molecule has 0 atom stereocenters. The molecule has 0 fully saturated rings. The quantitative estimate of drug-likeness (QED) is 0.223. The monoisotopic (exact) mass is 500 g/mol. The van der Waals surface area contributed by atoms with E-state index in [9.17, 15) is 14.2 Å². The molecule has 0 aliphatic carbocycles. The summed E-state index contributed by atoms with van der Waals surface area (Å²) in [5, 5.41) is 0.336. The van der Waals surface area contributed by atoms with Crippen molar-refractivity contribution in [3.05, 3.63) is 98.1 Å². The minimum Gasteiger partial charge on any atom is -0.289 e. The number of rotatable bonds is 9. The van der Waals surface area contributed by atoms with E-state index in [1.54, 1.807) is 18.2 Å². The van der Waals surface area contributed by atoms with Gasteiger partial charge in [-0.1, -0.05) is 64.1 Å². The first-order valence-electron chi connectivity index (χ1n) is 12.7. The van der Waals surface area contributed by atoms with Crippen molar-refractivity contribution in [3.63, 3.8) is 0 Å². The molecule has 0 unspecified atom stereocenters. The molecule has 0 amide bonds. The molecule has 36 heavy (non-hydrogen) atoms. The van der Waals surface area contributed by atoms with Gasteiger partial charge in [-0.15, -0.1) is 0 Å². The third-order valence-electron chi connectivity index (χ3n) is 6.54. The van der Waals surface area contributed by atoms with Crippen LogP contribution in [-0.2, 0) is 17.4 Å². The average Bonchev–Trinajstić information content (AvgIpc) is 2.76. The van der Waals surface area contributed by atoms with E-state index in [-0.39, 0.29) is 25.6 Å². The van der Waals surface area contributed by atoms with Gasteiger partial charge >= 0.3 is 0 Å². The van der Waals surface area contributed by atoms with Crippen LogP contribution in [0, 0.1) is 39.5 Å². The number of ketones is 2. The SMILES string of the molecule is Cc1cc(CC(C)C)cc(C)c1C(=O)c1cccc(P=O)c1C(=O)c1c(C)cc(CC(C)C)cc1C. The van der Waals surface area contributed by atoms with E-state index in [0.29, 0.717) is 33.8 Å². The van der Waals surface area contributed by atoms with Crippen LogP contribution < -0.4 is 5.30 Å². The molecule has 0 aliphatic heterocycles.